The van der Waals surface area contributed by atoms with Gasteiger partial charge in [-0.2, -0.15) is 0 Å². The van der Waals surface area contributed by atoms with Gasteiger partial charge in [-0.1, -0.05) is 0 Å². The van der Waals surface area contributed by atoms with Gasteiger partial charge >= 0.3 is 13.3 Å². The second kappa shape index (κ2) is 5.50. The first-order valence-electron chi connectivity index (χ1n) is 4.52. The van der Waals surface area contributed by atoms with Gasteiger partial charge in [-0.05, 0) is 23.8 Å². The molecule has 16 heavy (non-hydrogen) atoms. The standard InChI is InChI=1S/C9H12BNO5/c1-15-9(12)8-3-2-7(16-10(13)14)4-6(8)5-11/h2-4,13-14H,5,11H2,1H3. The summed E-state index contributed by atoms with van der Waals surface area (Å²) in [4.78, 5) is 11.3. The fourth-order valence-corrected chi connectivity index (χ4v) is 1.24. The van der Waals surface area contributed by atoms with Crippen LogP contribution in [-0.4, -0.2) is 30.4 Å². The Morgan fingerprint density at radius 3 is 2.69 bits per heavy atom. The van der Waals surface area contributed by atoms with Gasteiger partial charge in [0.1, 0.15) is 5.75 Å². The van der Waals surface area contributed by atoms with E-state index in [9.17, 15) is 4.79 Å². The van der Waals surface area contributed by atoms with Crippen molar-refractivity contribution in [2.75, 3.05) is 7.11 Å². The Balaban J connectivity index is 3.01. The molecule has 0 saturated carbocycles. The number of methoxy groups -OCH3 is 1. The van der Waals surface area contributed by atoms with Crippen LogP contribution < -0.4 is 10.4 Å². The van der Waals surface area contributed by atoms with Crippen LogP contribution in [0.25, 0.3) is 0 Å². The lowest BCUT2D eigenvalue weighted by Gasteiger charge is -2.09. The summed E-state index contributed by atoms with van der Waals surface area (Å²) in [6.45, 7) is 0.114. The van der Waals surface area contributed by atoms with Crippen molar-refractivity contribution in [3.8, 4) is 5.75 Å². The molecular weight excluding hydrogens is 213 g/mol. The van der Waals surface area contributed by atoms with Crippen molar-refractivity contribution in [2.24, 2.45) is 5.73 Å². The van der Waals surface area contributed by atoms with Crippen molar-refractivity contribution in [3.63, 3.8) is 0 Å². The Labute approximate surface area is 92.8 Å². The molecule has 0 fully saturated rings. The Morgan fingerprint density at radius 2 is 2.19 bits per heavy atom. The van der Waals surface area contributed by atoms with E-state index >= 15 is 0 Å². The number of hydrogen-bond donors (Lipinski definition) is 3. The van der Waals surface area contributed by atoms with E-state index in [2.05, 4.69) is 9.39 Å². The lowest BCUT2D eigenvalue weighted by molar-refractivity contribution is 0.0599. The summed E-state index contributed by atoms with van der Waals surface area (Å²) < 4.78 is 9.19. The molecule has 0 amide bonds. The molecule has 0 aliphatic carbocycles. The number of ether oxygens (including phenoxy) is 1. The highest BCUT2D eigenvalue weighted by atomic mass is 16.6. The van der Waals surface area contributed by atoms with Crippen molar-refractivity contribution in [2.45, 2.75) is 6.54 Å². The van der Waals surface area contributed by atoms with Crippen molar-refractivity contribution < 1.29 is 24.2 Å². The fraction of sp³-hybridized carbons (Fsp3) is 0.222. The fourth-order valence-electron chi connectivity index (χ4n) is 1.24. The summed E-state index contributed by atoms with van der Waals surface area (Å²) in [6, 6.07) is 4.32. The van der Waals surface area contributed by atoms with Gasteiger partial charge in [-0.3, -0.25) is 0 Å². The quantitative estimate of drug-likeness (QED) is 0.461. The van der Waals surface area contributed by atoms with Crippen LogP contribution in [0.2, 0.25) is 0 Å². The molecule has 1 aromatic rings. The van der Waals surface area contributed by atoms with Crippen LogP contribution in [0, 0.1) is 0 Å². The Morgan fingerprint density at radius 1 is 1.50 bits per heavy atom. The molecule has 0 aromatic heterocycles. The molecule has 4 N–H and O–H groups in total. The summed E-state index contributed by atoms with van der Waals surface area (Å²) >= 11 is 0. The third-order valence-electron chi connectivity index (χ3n) is 1.94. The summed E-state index contributed by atoms with van der Waals surface area (Å²) in [5.74, 6) is -0.292. The van der Waals surface area contributed by atoms with Gasteiger partial charge in [0.25, 0.3) is 0 Å². The third kappa shape index (κ3) is 2.96. The second-order valence-electron chi connectivity index (χ2n) is 2.96. The lowest BCUT2D eigenvalue weighted by Crippen LogP contribution is -2.21. The van der Waals surface area contributed by atoms with Crippen LogP contribution in [-0.2, 0) is 11.3 Å². The molecule has 7 heteroatoms. The Bertz CT molecular complexity index is 382. The van der Waals surface area contributed by atoms with E-state index in [1.807, 2.05) is 0 Å². The minimum absolute atomic E-state index is 0.114. The zero-order valence-corrected chi connectivity index (χ0v) is 8.71. The average Bonchev–Trinajstić information content (AvgIpc) is 2.27. The van der Waals surface area contributed by atoms with Crippen molar-refractivity contribution >= 4 is 13.3 Å². The average molecular weight is 225 g/mol. The van der Waals surface area contributed by atoms with Crippen molar-refractivity contribution in [3.05, 3.63) is 29.3 Å². The van der Waals surface area contributed by atoms with Crippen LogP contribution >= 0.6 is 0 Å². The molecule has 0 unspecified atom stereocenters. The van der Waals surface area contributed by atoms with E-state index in [1.165, 1.54) is 25.3 Å². The number of esters is 1. The normalized spacial score (nSPS) is 9.75. The molecule has 1 aromatic carbocycles. The summed E-state index contributed by atoms with van der Waals surface area (Å²) in [6.07, 6.45) is 0. The van der Waals surface area contributed by atoms with Gasteiger partial charge < -0.3 is 25.2 Å². The number of hydrogen-bond acceptors (Lipinski definition) is 6. The van der Waals surface area contributed by atoms with Gasteiger partial charge in [0.15, 0.2) is 0 Å². The maximum Gasteiger partial charge on any atom is 0.707 e. The van der Waals surface area contributed by atoms with E-state index in [1.54, 1.807) is 0 Å². The predicted octanol–water partition coefficient (Wildman–Crippen LogP) is -0.720. The van der Waals surface area contributed by atoms with E-state index in [4.69, 9.17) is 15.8 Å². The topological polar surface area (TPSA) is 102 Å². The number of benzene rings is 1. The summed E-state index contributed by atoms with van der Waals surface area (Å²) in [5, 5.41) is 17.2. The SMILES string of the molecule is COC(=O)c1ccc(OB(O)O)cc1CN. The van der Waals surface area contributed by atoms with E-state index in [0.717, 1.165) is 0 Å². The van der Waals surface area contributed by atoms with Gasteiger partial charge in [-0.15, -0.1) is 0 Å². The summed E-state index contributed by atoms with van der Waals surface area (Å²) in [7, 11) is -0.639. The van der Waals surface area contributed by atoms with Crippen molar-refractivity contribution in [1.29, 1.82) is 0 Å². The predicted molar refractivity (Wildman–Crippen MR) is 56.5 cm³/mol. The molecule has 1 rings (SSSR count). The molecular formula is C9H12BNO5. The molecule has 0 spiro atoms. The molecule has 86 valence electrons. The monoisotopic (exact) mass is 225 g/mol. The molecule has 0 bridgehead atoms. The first kappa shape index (κ1) is 12.5. The smallest absolute Gasteiger partial charge is 0.512 e. The van der Waals surface area contributed by atoms with E-state index in [0.29, 0.717) is 11.1 Å². The number of carbonyl (C=O) groups excluding carboxylic acids is 1. The molecule has 0 heterocycles. The zero-order valence-electron chi connectivity index (χ0n) is 8.71. The maximum atomic E-state index is 11.3. The van der Waals surface area contributed by atoms with E-state index in [-0.39, 0.29) is 12.3 Å². The number of carbonyl (C=O) groups is 1. The number of rotatable bonds is 4. The zero-order chi connectivity index (χ0) is 12.1. The van der Waals surface area contributed by atoms with Crippen LogP contribution in [0.1, 0.15) is 15.9 Å². The molecule has 0 aliphatic heterocycles. The molecule has 0 saturated heterocycles. The van der Waals surface area contributed by atoms with Gasteiger partial charge in [0.05, 0.1) is 12.7 Å². The second-order valence-corrected chi connectivity index (χ2v) is 2.96. The van der Waals surface area contributed by atoms with E-state index < -0.39 is 13.3 Å². The Hall–Kier alpha value is -1.57. The molecule has 0 radical (unpaired) electrons. The van der Waals surface area contributed by atoms with Crippen molar-refractivity contribution in [1.82, 2.24) is 0 Å². The largest absolute Gasteiger partial charge is 0.707 e. The lowest BCUT2D eigenvalue weighted by atomic mass is 10.1. The highest BCUT2D eigenvalue weighted by Crippen LogP contribution is 2.18. The van der Waals surface area contributed by atoms with Crippen LogP contribution in [0.15, 0.2) is 18.2 Å². The minimum atomic E-state index is -1.91. The molecule has 0 aliphatic rings. The Kier molecular flexibility index (Phi) is 4.30. The first-order valence-corrected chi connectivity index (χ1v) is 4.52. The number of nitrogens with two attached hydrogens (primary N) is 1. The summed E-state index contributed by atoms with van der Waals surface area (Å²) in [5.41, 5.74) is 6.28. The van der Waals surface area contributed by atoms with Crippen LogP contribution in [0.3, 0.4) is 0 Å². The molecule has 0 atom stereocenters. The highest BCUT2D eigenvalue weighted by molar-refractivity contribution is 6.33. The maximum absolute atomic E-state index is 11.3. The first-order chi connectivity index (χ1) is 7.58. The van der Waals surface area contributed by atoms with Gasteiger partial charge in [-0.25, -0.2) is 4.79 Å². The van der Waals surface area contributed by atoms with Crippen LogP contribution in [0.4, 0.5) is 0 Å². The highest BCUT2D eigenvalue weighted by Gasteiger charge is 2.15. The third-order valence-corrected chi connectivity index (χ3v) is 1.94. The molecule has 6 nitrogen and oxygen atoms in total. The van der Waals surface area contributed by atoms with Gasteiger partial charge in [0.2, 0.25) is 0 Å². The minimum Gasteiger partial charge on any atom is -0.512 e. The van der Waals surface area contributed by atoms with Crippen LogP contribution in [0.5, 0.6) is 5.75 Å². The van der Waals surface area contributed by atoms with Gasteiger partial charge in [0, 0.05) is 6.54 Å².